The lowest BCUT2D eigenvalue weighted by Gasteiger charge is -2.06. The number of carbonyl (C=O) groups excluding carboxylic acids is 2. The molecule has 14 heavy (non-hydrogen) atoms. The zero-order valence-corrected chi connectivity index (χ0v) is 8.90. The van der Waals surface area contributed by atoms with Crippen LogP contribution < -0.4 is 0 Å². The predicted molar refractivity (Wildman–Crippen MR) is 56.2 cm³/mol. The van der Waals surface area contributed by atoms with Gasteiger partial charge in [0, 0.05) is 16.0 Å². The highest BCUT2D eigenvalue weighted by Crippen LogP contribution is 2.35. The number of hydrogen-bond acceptors (Lipinski definition) is 3. The SMILES string of the molecule is CC(=O)c1ccc2c(c1C)SCC2=O. The average Bonchev–Trinajstić information content (AvgIpc) is 2.49. The normalized spacial score (nSPS) is 14.3. The number of fused-ring (bicyclic) bond motifs is 1. The van der Waals surface area contributed by atoms with Gasteiger partial charge in [0.1, 0.15) is 0 Å². The lowest BCUT2D eigenvalue weighted by Crippen LogP contribution is -2.00. The van der Waals surface area contributed by atoms with Crippen LogP contribution in [0.2, 0.25) is 0 Å². The molecule has 2 rings (SSSR count). The Morgan fingerprint density at radius 3 is 2.79 bits per heavy atom. The zero-order valence-electron chi connectivity index (χ0n) is 8.09. The summed E-state index contributed by atoms with van der Waals surface area (Å²) in [6.45, 7) is 3.46. The molecule has 0 spiro atoms. The van der Waals surface area contributed by atoms with Gasteiger partial charge >= 0.3 is 0 Å². The molecule has 0 aliphatic carbocycles. The lowest BCUT2D eigenvalue weighted by molar-refractivity contribution is 0.100. The van der Waals surface area contributed by atoms with Crippen molar-refractivity contribution < 1.29 is 9.59 Å². The average molecular weight is 206 g/mol. The summed E-state index contributed by atoms with van der Waals surface area (Å²) in [5, 5.41) is 0. The summed E-state index contributed by atoms with van der Waals surface area (Å²) in [6, 6.07) is 3.52. The Balaban J connectivity index is 2.64. The molecule has 1 aromatic carbocycles. The lowest BCUT2D eigenvalue weighted by atomic mass is 10.0. The van der Waals surface area contributed by atoms with E-state index in [1.807, 2.05) is 6.92 Å². The Bertz CT molecular complexity index is 435. The molecule has 1 aliphatic rings. The molecule has 1 aromatic rings. The first-order valence-electron chi connectivity index (χ1n) is 4.42. The number of rotatable bonds is 1. The summed E-state index contributed by atoms with van der Waals surface area (Å²) >= 11 is 1.53. The zero-order chi connectivity index (χ0) is 10.3. The Morgan fingerprint density at radius 1 is 1.43 bits per heavy atom. The summed E-state index contributed by atoms with van der Waals surface area (Å²) < 4.78 is 0. The van der Waals surface area contributed by atoms with Gasteiger partial charge in [-0.05, 0) is 25.5 Å². The Labute approximate surface area is 86.7 Å². The molecule has 1 aliphatic heterocycles. The van der Waals surface area contributed by atoms with Gasteiger partial charge < -0.3 is 0 Å². The number of benzene rings is 1. The van der Waals surface area contributed by atoms with Crippen molar-refractivity contribution in [3.05, 3.63) is 28.8 Å². The molecule has 72 valence electrons. The Hall–Kier alpha value is -1.09. The van der Waals surface area contributed by atoms with Gasteiger partial charge in [-0.2, -0.15) is 0 Å². The van der Waals surface area contributed by atoms with Crippen molar-refractivity contribution in [3.8, 4) is 0 Å². The first-order chi connectivity index (χ1) is 6.61. The van der Waals surface area contributed by atoms with Crippen molar-refractivity contribution in [3.63, 3.8) is 0 Å². The minimum atomic E-state index is 0.0604. The number of thioether (sulfide) groups is 1. The number of carbonyl (C=O) groups is 2. The van der Waals surface area contributed by atoms with Crippen molar-refractivity contribution in [2.75, 3.05) is 5.75 Å². The molecular formula is C11H10O2S. The summed E-state index contributed by atoms with van der Waals surface area (Å²) in [7, 11) is 0. The van der Waals surface area contributed by atoms with Crippen molar-refractivity contribution in [2.24, 2.45) is 0 Å². The topological polar surface area (TPSA) is 34.1 Å². The molecule has 0 atom stereocenters. The largest absolute Gasteiger partial charge is 0.295 e. The highest BCUT2D eigenvalue weighted by molar-refractivity contribution is 8.00. The smallest absolute Gasteiger partial charge is 0.174 e. The third-order valence-corrected chi connectivity index (χ3v) is 3.65. The van der Waals surface area contributed by atoms with Crippen LogP contribution in [0.15, 0.2) is 17.0 Å². The first kappa shape index (κ1) is 9.46. The fraction of sp³-hybridized carbons (Fsp3) is 0.273. The number of hydrogen-bond donors (Lipinski definition) is 0. The molecule has 2 nitrogen and oxygen atoms in total. The van der Waals surface area contributed by atoms with E-state index in [0.717, 1.165) is 21.6 Å². The molecule has 0 radical (unpaired) electrons. The van der Waals surface area contributed by atoms with Crippen molar-refractivity contribution in [1.82, 2.24) is 0 Å². The van der Waals surface area contributed by atoms with Crippen LogP contribution in [0.1, 0.15) is 33.2 Å². The van der Waals surface area contributed by atoms with E-state index in [0.29, 0.717) is 5.75 Å². The number of ketones is 2. The van der Waals surface area contributed by atoms with Gasteiger partial charge in [0.05, 0.1) is 5.75 Å². The van der Waals surface area contributed by atoms with E-state index < -0.39 is 0 Å². The molecule has 0 bridgehead atoms. The molecule has 0 aromatic heterocycles. The maximum atomic E-state index is 11.4. The first-order valence-corrected chi connectivity index (χ1v) is 5.40. The molecule has 0 amide bonds. The van der Waals surface area contributed by atoms with E-state index >= 15 is 0 Å². The molecule has 0 saturated heterocycles. The van der Waals surface area contributed by atoms with E-state index in [-0.39, 0.29) is 11.6 Å². The van der Waals surface area contributed by atoms with Gasteiger partial charge in [0.2, 0.25) is 0 Å². The van der Waals surface area contributed by atoms with Gasteiger partial charge in [0.15, 0.2) is 11.6 Å². The second-order valence-electron chi connectivity index (χ2n) is 3.38. The van der Waals surface area contributed by atoms with Crippen LogP contribution in [0, 0.1) is 6.92 Å². The summed E-state index contributed by atoms with van der Waals surface area (Å²) in [5.41, 5.74) is 2.45. The minimum absolute atomic E-state index is 0.0604. The van der Waals surface area contributed by atoms with Crippen LogP contribution in [0.5, 0.6) is 0 Å². The molecule has 0 N–H and O–H groups in total. The van der Waals surface area contributed by atoms with Gasteiger partial charge in [-0.3, -0.25) is 9.59 Å². The third kappa shape index (κ3) is 1.28. The molecule has 0 fully saturated rings. The van der Waals surface area contributed by atoms with Crippen LogP contribution in [-0.2, 0) is 0 Å². The van der Waals surface area contributed by atoms with E-state index in [9.17, 15) is 9.59 Å². The second-order valence-corrected chi connectivity index (χ2v) is 4.37. The maximum absolute atomic E-state index is 11.4. The van der Waals surface area contributed by atoms with Crippen molar-refractivity contribution in [1.29, 1.82) is 0 Å². The molecule has 1 heterocycles. The fourth-order valence-electron chi connectivity index (χ4n) is 1.69. The minimum Gasteiger partial charge on any atom is -0.295 e. The van der Waals surface area contributed by atoms with Crippen molar-refractivity contribution >= 4 is 23.3 Å². The van der Waals surface area contributed by atoms with Crippen molar-refractivity contribution in [2.45, 2.75) is 18.7 Å². The van der Waals surface area contributed by atoms with E-state index in [2.05, 4.69) is 0 Å². The third-order valence-electron chi connectivity index (χ3n) is 2.43. The highest BCUT2D eigenvalue weighted by Gasteiger charge is 2.23. The summed E-state index contributed by atoms with van der Waals surface area (Å²) in [5.74, 6) is 0.741. The fourth-order valence-corrected chi connectivity index (χ4v) is 2.79. The van der Waals surface area contributed by atoms with Crippen LogP contribution in [0.25, 0.3) is 0 Å². The highest BCUT2D eigenvalue weighted by atomic mass is 32.2. The van der Waals surface area contributed by atoms with Crippen LogP contribution in [-0.4, -0.2) is 17.3 Å². The van der Waals surface area contributed by atoms with E-state index in [1.54, 1.807) is 19.1 Å². The van der Waals surface area contributed by atoms with Crippen LogP contribution in [0.4, 0.5) is 0 Å². The van der Waals surface area contributed by atoms with Gasteiger partial charge in [-0.15, -0.1) is 11.8 Å². The summed E-state index contributed by atoms with van der Waals surface area (Å²) in [6.07, 6.45) is 0. The molecule has 3 heteroatoms. The number of Topliss-reactive ketones (excluding diaryl/α,β-unsaturated/α-hetero) is 2. The monoisotopic (exact) mass is 206 g/mol. The molecular weight excluding hydrogens is 196 g/mol. The molecule has 0 unspecified atom stereocenters. The standard InChI is InChI=1S/C11H10O2S/c1-6-8(7(2)12)3-4-9-10(13)5-14-11(6)9/h3-4H,5H2,1-2H3. The predicted octanol–water partition coefficient (Wildman–Crippen LogP) is 2.49. The van der Waals surface area contributed by atoms with E-state index in [4.69, 9.17) is 0 Å². The maximum Gasteiger partial charge on any atom is 0.174 e. The Kier molecular flexibility index (Phi) is 2.19. The second kappa shape index (κ2) is 3.24. The van der Waals surface area contributed by atoms with Crippen LogP contribution >= 0.6 is 11.8 Å². The quantitative estimate of drug-likeness (QED) is 0.662. The van der Waals surface area contributed by atoms with Crippen LogP contribution in [0.3, 0.4) is 0 Å². The van der Waals surface area contributed by atoms with Gasteiger partial charge in [-0.1, -0.05) is 6.07 Å². The van der Waals surface area contributed by atoms with E-state index in [1.165, 1.54) is 11.8 Å². The van der Waals surface area contributed by atoms with Gasteiger partial charge in [0.25, 0.3) is 0 Å². The molecule has 0 saturated carbocycles. The van der Waals surface area contributed by atoms with Gasteiger partial charge in [-0.25, -0.2) is 0 Å². The summed E-state index contributed by atoms with van der Waals surface area (Å²) in [4.78, 5) is 23.6. The Morgan fingerprint density at radius 2 is 2.14 bits per heavy atom.